The van der Waals surface area contributed by atoms with Crippen LogP contribution in [0.4, 0.5) is 10.8 Å². The summed E-state index contributed by atoms with van der Waals surface area (Å²) in [5, 5.41) is 21.4. The lowest BCUT2D eigenvalue weighted by Gasteiger charge is -2.34. The minimum atomic E-state index is -0.399. The number of nitro groups is 1. The van der Waals surface area contributed by atoms with Crippen molar-refractivity contribution in [3.8, 4) is 22.8 Å². The number of rotatable bonds is 8. The number of thioether (sulfide) groups is 1. The highest BCUT2D eigenvalue weighted by Crippen LogP contribution is 2.32. The Morgan fingerprint density at radius 1 is 1.02 bits per heavy atom. The van der Waals surface area contributed by atoms with E-state index in [2.05, 4.69) is 20.1 Å². The first-order chi connectivity index (χ1) is 20.0. The van der Waals surface area contributed by atoms with Crippen LogP contribution in [-0.2, 0) is 4.79 Å². The molecule has 1 amide bonds. The third kappa shape index (κ3) is 5.58. The van der Waals surface area contributed by atoms with Crippen LogP contribution in [0.25, 0.3) is 27.3 Å². The maximum atomic E-state index is 13.2. The van der Waals surface area contributed by atoms with E-state index in [0.29, 0.717) is 37.2 Å². The van der Waals surface area contributed by atoms with Crippen LogP contribution >= 0.6 is 23.1 Å². The normalized spacial score (nSPS) is 13.5. The third-order valence-corrected chi connectivity index (χ3v) is 8.79. The quantitative estimate of drug-likeness (QED) is 0.142. The number of anilines is 1. The Morgan fingerprint density at radius 2 is 1.78 bits per heavy atom. The van der Waals surface area contributed by atoms with E-state index in [9.17, 15) is 14.9 Å². The topological polar surface area (TPSA) is 120 Å². The largest absolute Gasteiger partial charge is 0.497 e. The lowest BCUT2D eigenvalue weighted by molar-refractivity contribution is -0.384. The van der Waals surface area contributed by atoms with Crippen LogP contribution in [0.2, 0.25) is 0 Å². The number of aromatic nitrogens is 4. The van der Waals surface area contributed by atoms with Gasteiger partial charge in [-0.15, -0.1) is 10.2 Å². The van der Waals surface area contributed by atoms with Crippen molar-refractivity contribution in [2.75, 3.05) is 43.9 Å². The van der Waals surface area contributed by atoms with Gasteiger partial charge in [-0.05, 0) is 42.5 Å². The molecule has 41 heavy (non-hydrogen) atoms. The molecule has 6 rings (SSSR count). The molecule has 0 N–H and O–H groups in total. The van der Waals surface area contributed by atoms with Crippen molar-refractivity contribution >= 4 is 50.0 Å². The van der Waals surface area contributed by atoms with Crippen molar-refractivity contribution in [2.45, 2.75) is 5.16 Å². The second kappa shape index (κ2) is 11.6. The Kier molecular flexibility index (Phi) is 7.53. The molecule has 0 bridgehead atoms. The molecule has 2 aromatic heterocycles. The fraction of sp³-hybridized carbons (Fsp3) is 0.214. The van der Waals surface area contributed by atoms with Gasteiger partial charge in [-0.2, -0.15) is 0 Å². The van der Waals surface area contributed by atoms with Gasteiger partial charge < -0.3 is 14.5 Å². The number of para-hydroxylation sites is 1. The number of fused-ring (bicyclic) bond motifs is 1. The van der Waals surface area contributed by atoms with E-state index in [4.69, 9.17) is 4.74 Å². The molecule has 5 aromatic rings. The Balaban J connectivity index is 1.12. The van der Waals surface area contributed by atoms with E-state index in [0.717, 1.165) is 32.3 Å². The Bertz CT molecular complexity index is 1700. The third-order valence-electron chi connectivity index (χ3n) is 6.80. The molecular weight excluding hydrogens is 562 g/mol. The molecule has 0 spiro atoms. The fourth-order valence-corrected chi connectivity index (χ4v) is 6.52. The molecule has 0 aliphatic carbocycles. The van der Waals surface area contributed by atoms with E-state index in [1.54, 1.807) is 19.2 Å². The molecule has 0 unspecified atom stereocenters. The number of methoxy groups -OCH3 is 1. The highest BCUT2D eigenvalue weighted by molar-refractivity contribution is 7.99. The van der Waals surface area contributed by atoms with Gasteiger partial charge in [0.1, 0.15) is 5.75 Å². The zero-order valence-corrected chi connectivity index (χ0v) is 23.7. The van der Waals surface area contributed by atoms with Crippen LogP contribution in [0.5, 0.6) is 5.75 Å². The summed E-state index contributed by atoms with van der Waals surface area (Å²) in [5.41, 5.74) is 2.59. The molecule has 0 atom stereocenters. The smallest absolute Gasteiger partial charge is 0.270 e. The summed E-state index contributed by atoms with van der Waals surface area (Å²) >= 11 is 2.80. The van der Waals surface area contributed by atoms with Crippen LogP contribution in [0.3, 0.4) is 0 Å². The standard InChI is InChI=1S/C28H25N7O4S2/c1-39-22-10-7-19(8-11-22)26-30-31-28(34(26)20-5-3-2-4-6-20)40-18-25(36)32-13-15-33(16-14-32)27-29-23-12-9-21(35(37)38)17-24(23)41-27/h2-12,17H,13-16,18H2,1H3. The SMILES string of the molecule is COc1ccc(-c2nnc(SCC(=O)N3CCN(c4nc5ccc([N+](=O)[O-])cc5s4)CC3)n2-c2ccccc2)cc1. The van der Waals surface area contributed by atoms with Gasteiger partial charge in [0, 0.05) is 49.6 Å². The second-order valence-electron chi connectivity index (χ2n) is 9.27. The molecule has 208 valence electrons. The first-order valence-corrected chi connectivity index (χ1v) is 14.7. The number of benzene rings is 3. The maximum absolute atomic E-state index is 13.2. The number of nitrogens with zero attached hydrogens (tertiary/aromatic N) is 7. The first-order valence-electron chi connectivity index (χ1n) is 12.9. The summed E-state index contributed by atoms with van der Waals surface area (Å²) in [5.74, 6) is 1.71. The monoisotopic (exact) mass is 587 g/mol. The predicted molar refractivity (Wildman–Crippen MR) is 159 cm³/mol. The van der Waals surface area contributed by atoms with Gasteiger partial charge in [0.25, 0.3) is 5.69 Å². The molecule has 0 radical (unpaired) electrons. The zero-order valence-electron chi connectivity index (χ0n) is 22.0. The van der Waals surface area contributed by atoms with Gasteiger partial charge in [0.2, 0.25) is 5.91 Å². The van der Waals surface area contributed by atoms with Crippen molar-refractivity contribution in [3.63, 3.8) is 0 Å². The minimum absolute atomic E-state index is 0.0307. The highest BCUT2D eigenvalue weighted by Gasteiger charge is 2.25. The Labute approximate surface area is 243 Å². The second-order valence-corrected chi connectivity index (χ2v) is 11.2. The first kappa shape index (κ1) is 26.7. The van der Waals surface area contributed by atoms with E-state index in [1.165, 1.54) is 29.2 Å². The zero-order chi connectivity index (χ0) is 28.3. The predicted octanol–water partition coefficient (Wildman–Crippen LogP) is 4.90. The van der Waals surface area contributed by atoms with Crippen molar-refractivity contribution in [1.29, 1.82) is 0 Å². The van der Waals surface area contributed by atoms with Crippen LogP contribution in [0, 0.1) is 10.1 Å². The van der Waals surface area contributed by atoms with Gasteiger partial charge in [-0.25, -0.2) is 4.98 Å². The lowest BCUT2D eigenvalue weighted by atomic mass is 10.2. The summed E-state index contributed by atoms with van der Waals surface area (Å²) < 4.78 is 8.03. The van der Waals surface area contributed by atoms with Crippen LogP contribution in [-0.4, -0.2) is 74.5 Å². The molecule has 1 saturated heterocycles. The summed E-state index contributed by atoms with van der Waals surface area (Å²) in [4.78, 5) is 32.5. The van der Waals surface area contributed by atoms with Gasteiger partial charge in [0.15, 0.2) is 16.1 Å². The van der Waals surface area contributed by atoms with Crippen LogP contribution in [0.15, 0.2) is 78.0 Å². The Morgan fingerprint density at radius 3 is 2.49 bits per heavy atom. The van der Waals surface area contributed by atoms with E-state index < -0.39 is 4.92 Å². The number of thiazole rings is 1. The number of nitro benzene ring substituents is 1. The summed E-state index contributed by atoms with van der Waals surface area (Å²) in [6.45, 7) is 2.41. The molecule has 1 aliphatic rings. The molecule has 3 heterocycles. The van der Waals surface area contributed by atoms with E-state index in [1.807, 2.05) is 64.1 Å². The number of carbonyl (C=O) groups is 1. The van der Waals surface area contributed by atoms with Crippen molar-refractivity contribution < 1.29 is 14.5 Å². The van der Waals surface area contributed by atoms with Gasteiger partial charge in [-0.3, -0.25) is 19.5 Å². The Hall–Kier alpha value is -4.49. The molecular formula is C28H25N7O4S2. The maximum Gasteiger partial charge on any atom is 0.270 e. The van der Waals surface area contributed by atoms with Gasteiger partial charge in [0.05, 0.1) is 28.0 Å². The number of carbonyl (C=O) groups excluding carboxylic acids is 1. The van der Waals surface area contributed by atoms with Crippen molar-refractivity contribution in [2.24, 2.45) is 0 Å². The summed E-state index contributed by atoms with van der Waals surface area (Å²) in [7, 11) is 1.63. The van der Waals surface area contributed by atoms with E-state index in [-0.39, 0.29) is 17.3 Å². The average molecular weight is 588 g/mol. The van der Waals surface area contributed by atoms with Crippen molar-refractivity contribution in [1.82, 2.24) is 24.6 Å². The number of piperazine rings is 1. The number of non-ortho nitro benzene ring substituents is 1. The van der Waals surface area contributed by atoms with Gasteiger partial charge >= 0.3 is 0 Å². The number of ether oxygens (including phenoxy) is 1. The lowest BCUT2D eigenvalue weighted by Crippen LogP contribution is -2.49. The summed E-state index contributed by atoms with van der Waals surface area (Å²) in [6.07, 6.45) is 0. The van der Waals surface area contributed by atoms with Crippen LogP contribution < -0.4 is 9.64 Å². The fourth-order valence-electron chi connectivity index (χ4n) is 4.61. The van der Waals surface area contributed by atoms with Crippen LogP contribution in [0.1, 0.15) is 0 Å². The number of hydrogen-bond acceptors (Lipinski definition) is 10. The average Bonchev–Trinajstić information content (AvgIpc) is 3.64. The minimum Gasteiger partial charge on any atom is -0.497 e. The molecule has 11 nitrogen and oxygen atoms in total. The molecule has 1 fully saturated rings. The number of amides is 1. The molecule has 13 heteroatoms. The van der Waals surface area contributed by atoms with E-state index >= 15 is 0 Å². The van der Waals surface area contributed by atoms with Crippen molar-refractivity contribution in [3.05, 3.63) is 82.9 Å². The molecule has 0 saturated carbocycles. The highest BCUT2D eigenvalue weighted by atomic mass is 32.2. The molecule has 1 aliphatic heterocycles. The molecule has 3 aromatic carbocycles. The van der Waals surface area contributed by atoms with Gasteiger partial charge in [-0.1, -0.05) is 41.3 Å². The summed E-state index contributed by atoms with van der Waals surface area (Å²) in [6, 6.07) is 22.2. The number of hydrogen-bond donors (Lipinski definition) is 0.